The van der Waals surface area contributed by atoms with Crippen molar-refractivity contribution in [3.05, 3.63) is 47.1 Å². The summed E-state index contributed by atoms with van der Waals surface area (Å²) in [5.74, 6) is 3.24. The van der Waals surface area contributed by atoms with Crippen molar-refractivity contribution in [3.8, 4) is 11.5 Å². The third-order valence-corrected chi connectivity index (χ3v) is 5.55. The fourth-order valence-corrected chi connectivity index (χ4v) is 3.95. The van der Waals surface area contributed by atoms with Gasteiger partial charge in [-0.05, 0) is 56.0 Å². The first kappa shape index (κ1) is 26.3. The van der Waals surface area contributed by atoms with E-state index in [4.69, 9.17) is 21.1 Å². The number of pyridine rings is 1. The number of aryl methyl sites for hydroxylation is 1. The fraction of sp³-hybridized carbons (Fsp3) is 0.478. The minimum absolute atomic E-state index is 0. The normalized spacial score (nSPS) is 15.8. The fourth-order valence-electron chi connectivity index (χ4n) is 3.71. The standard InChI is InChI=1S/C23H32ClN5O2.HI/c1-4-31-21-15-17(9-10-20(21)30-3)7-5-13-27-23(25-2)28-18-11-14-29(16-18)22-19(24)8-6-12-26-22;/h6,8-10,12,15,18H,4-5,7,11,13-14,16H2,1-3H3,(H2,25,27,28);1H. The summed E-state index contributed by atoms with van der Waals surface area (Å²) in [6.07, 6.45) is 4.73. The summed E-state index contributed by atoms with van der Waals surface area (Å²) in [5, 5.41) is 7.62. The first-order valence-electron chi connectivity index (χ1n) is 10.8. The smallest absolute Gasteiger partial charge is 0.191 e. The highest BCUT2D eigenvalue weighted by molar-refractivity contribution is 14.0. The molecule has 1 aliphatic heterocycles. The SMILES string of the molecule is CCOc1cc(CCCNC(=NC)NC2CCN(c3ncccc3Cl)C2)ccc1OC.I. The Morgan fingerprint density at radius 2 is 2.16 bits per heavy atom. The van der Waals surface area contributed by atoms with E-state index >= 15 is 0 Å². The Morgan fingerprint density at radius 1 is 1.31 bits per heavy atom. The maximum absolute atomic E-state index is 6.29. The van der Waals surface area contributed by atoms with E-state index in [-0.39, 0.29) is 24.0 Å². The topological polar surface area (TPSA) is 71.0 Å². The third kappa shape index (κ3) is 7.30. The molecule has 0 spiro atoms. The number of aliphatic imine (C=N–C) groups is 1. The maximum atomic E-state index is 6.29. The number of guanidine groups is 1. The van der Waals surface area contributed by atoms with Crippen LogP contribution in [0.5, 0.6) is 11.5 Å². The summed E-state index contributed by atoms with van der Waals surface area (Å²) in [5.41, 5.74) is 1.23. The molecule has 0 amide bonds. The van der Waals surface area contributed by atoms with Crippen LogP contribution in [0, 0.1) is 0 Å². The number of methoxy groups -OCH3 is 1. The van der Waals surface area contributed by atoms with Crippen LogP contribution >= 0.6 is 35.6 Å². The number of nitrogens with zero attached hydrogens (tertiary/aromatic N) is 3. The molecule has 0 bridgehead atoms. The van der Waals surface area contributed by atoms with Gasteiger partial charge >= 0.3 is 0 Å². The minimum atomic E-state index is 0. The molecule has 1 aromatic heterocycles. The second kappa shape index (κ2) is 13.6. The van der Waals surface area contributed by atoms with Gasteiger partial charge in [0, 0.05) is 38.9 Å². The van der Waals surface area contributed by atoms with Gasteiger partial charge in [-0.15, -0.1) is 24.0 Å². The largest absolute Gasteiger partial charge is 0.493 e. The molecule has 9 heteroatoms. The van der Waals surface area contributed by atoms with Gasteiger partial charge < -0.3 is 25.0 Å². The number of anilines is 1. The number of benzene rings is 1. The van der Waals surface area contributed by atoms with E-state index in [0.717, 1.165) is 62.2 Å². The molecule has 1 aliphatic rings. The van der Waals surface area contributed by atoms with Crippen molar-refractivity contribution < 1.29 is 9.47 Å². The molecular weight excluding hydrogens is 541 g/mol. The predicted octanol–water partition coefficient (Wildman–Crippen LogP) is 4.14. The average molecular weight is 574 g/mol. The molecule has 2 heterocycles. The van der Waals surface area contributed by atoms with Crippen molar-refractivity contribution in [2.24, 2.45) is 4.99 Å². The lowest BCUT2D eigenvalue weighted by Crippen LogP contribution is -2.45. The zero-order valence-electron chi connectivity index (χ0n) is 18.9. The molecule has 0 aliphatic carbocycles. The quantitative estimate of drug-likeness (QED) is 0.203. The van der Waals surface area contributed by atoms with Crippen molar-refractivity contribution in [3.63, 3.8) is 0 Å². The number of rotatable bonds is 9. The predicted molar refractivity (Wildman–Crippen MR) is 142 cm³/mol. The molecule has 0 saturated carbocycles. The lowest BCUT2D eigenvalue weighted by atomic mass is 10.1. The second-order valence-corrected chi connectivity index (χ2v) is 7.81. The van der Waals surface area contributed by atoms with Crippen LogP contribution in [0.3, 0.4) is 0 Å². The number of hydrogen-bond acceptors (Lipinski definition) is 5. The Bertz CT molecular complexity index is 883. The Morgan fingerprint density at radius 3 is 2.88 bits per heavy atom. The third-order valence-electron chi connectivity index (χ3n) is 5.25. The Balaban J connectivity index is 0.00000363. The first-order chi connectivity index (χ1) is 15.1. The highest BCUT2D eigenvalue weighted by Gasteiger charge is 2.25. The number of nitrogens with one attached hydrogen (secondary N) is 2. The van der Waals surface area contributed by atoms with Crippen LogP contribution in [0.4, 0.5) is 5.82 Å². The van der Waals surface area contributed by atoms with Crippen LogP contribution < -0.4 is 25.0 Å². The molecule has 32 heavy (non-hydrogen) atoms. The van der Waals surface area contributed by atoms with Crippen LogP contribution in [0.1, 0.15) is 25.3 Å². The number of ether oxygens (including phenoxy) is 2. The Labute approximate surface area is 213 Å². The van der Waals surface area contributed by atoms with Gasteiger partial charge in [0.2, 0.25) is 0 Å². The summed E-state index contributed by atoms with van der Waals surface area (Å²) in [6.45, 7) is 5.20. The van der Waals surface area contributed by atoms with Gasteiger partial charge in [-0.25, -0.2) is 4.98 Å². The van der Waals surface area contributed by atoms with Gasteiger partial charge in [-0.3, -0.25) is 4.99 Å². The maximum Gasteiger partial charge on any atom is 0.191 e. The van der Waals surface area contributed by atoms with Crippen molar-refractivity contribution in [1.29, 1.82) is 0 Å². The van der Waals surface area contributed by atoms with E-state index in [9.17, 15) is 0 Å². The van der Waals surface area contributed by atoms with Crippen LogP contribution in [-0.2, 0) is 6.42 Å². The zero-order valence-corrected chi connectivity index (χ0v) is 22.0. The van der Waals surface area contributed by atoms with E-state index in [2.05, 4.69) is 37.6 Å². The summed E-state index contributed by atoms with van der Waals surface area (Å²) in [6, 6.07) is 10.2. The first-order valence-corrected chi connectivity index (χ1v) is 11.1. The van der Waals surface area contributed by atoms with Gasteiger partial charge in [0.25, 0.3) is 0 Å². The Kier molecular flexibility index (Phi) is 11.2. The van der Waals surface area contributed by atoms with E-state index in [0.29, 0.717) is 17.7 Å². The summed E-state index contributed by atoms with van der Waals surface area (Å²) in [4.78, 5) is 11.0. The van der Waals surface area contributed by atoms with Gasteiger partial charge in [-0.2, -0.15) is 0 Å². The molecule has 0 radical (unpaired) electrons. The zero-order chi connectivity index (χ0) is 22.1. The van der Waals surface area contributed by atoms with E-state index < -0.39 is 0 Å². The molecule has 3 rings (SSSR count). The molecule has 1 unspecified atom stereocenters. The van der Waals surface area contributed by atoms with E-state index in [1.165, 1.54) is 5.56 Å². The molecule has 1 fully saturated rings. The molecule has 2 N–H and O–H groups in total. The summed E-state index contributed by atoms with van der Waals surface area (Å²) >= 11 is 6.29. The van der Waals surface area contributed by atoms with Gasteiger partial charge in [0.15, 0.2) is 17.5 Å². The number of hydrogen-bond donors (Lipinski definition) is 2. The molecule has 1 aromatic carbocycles. The Hall–Kier alpha value is -1.94. The van der Waals surface area contributed by atoms with Crippen molar-refractivity contribution >= 4 is 47.4 Å². The second-order valence-electron chi connectivity index (χ2n) is 7.41. The van der Waals surface area contributed by atoms with Gasteiger partial charge in [0.1, 0.15) is 5.82 Å². The summed E-state index contributed by atoms with van der Waals surface area (Å²) < 4.78 is 11.0. The van der Waals surface area contributed by atoms with E-state index in [1.807, 2.05) is 25.1 Å². The lowest BCUT2D eigenvalue weighted by molar-refractivity contribution is 0.310. The molecule has 176 valence electrons. The van der Waals surface area contributed by atoms with Crippen LogP contribution in [-0.4, -0.2) is 57.4 Å². The monoisotopic (exact) mass is 573 g/mol. The van der Waals surface area contributed by atoms with Crippen LogP contribution in [0.2, 0.25) is 5.02 Å². The molecule has 7 nitrogen and oxygen atoms in total. The number of aromatic nitrogens is 1. The number of halogens is 2. The molecule has 2 aromatic rings. The van der Waals surface area contributed by atoms with Crippen molar-refractivity contribution in [2.75, 3.05) is 45.3 Å². The molecule has 1 atom stereocenters. The van der Waals surface area contributed by atoms with Gasteiger partial charge in [0.05, 0.1) is 18.7 Å². The lowest BCUT2D eigenvalue weighted by Gasteiger charge is -2.20. The van der Waals surface area contributed by atoms with Crippen LogP contribution in [0.25, 0.3) is 0 Å². The highest BCUT2D eigenvalue weighted by Crippen LogP contribution is 2.28. The van der Waals surface area contributed by atoms with E-state index in [1.54, 1.807) is 20.4 Å². The summed E-state index contributed by atoms with van der Waals surface area (Å²) in [7, 11) is 3.46. The van der Waals surface area contributed by atoms with Crippen molar-refractivity contribution in [1.82, 2.24) is 15.6 Å². The average Bonchev–Trinajstić information content (AvgIpc) is 3.25. The highest BCUT2D eigenvalue weighted by atomic mass is 127. The van der Waals surface area contributed by atoms with Crippen molar-refractivity contribution in [2.45, 2.75) is 32.2 Å². The van der Waals surface area contributed by atoms with Gasteiger partial charge in [-0.1, -0.05) is 17.7 Å². The minimum Gasteiger partial charge on any atom is -0.493 e. The van der Waals surface area contributed by atoms with Crippen LogP contribution in [0.15, 0.2) is 41.5 Å². The molecule has 1 saturated heterocycles. The molecular formula is C23H33ClIN5O2.